The Bertz CT molecular complexity index is 999. The van der Waals surface area contributed by atoms with Crippen LogP contribution in [-0.2, 0) is 28.9 Å². The predicted molar refractivity (Wildman–Crippen MR) is 130 cm³/mol. The first-order valence-corrected chi connectivity index (χ1v) is 12.8. The van der Waals surface area contributed by atoms with Crippen LogP contribution in [0.5, 0.6) is 0 Å². The van der Waals surface area contributed by atoms with Crippen molar-refractivity contribution in [1.82, 2.24) is 4.90 Å². The number of halogens is 2. The SMILES string of the molecule is CCOC(=O)c1c(NC(=O)C2CCN(Cc3ccc(Cl)cc3Cl)CC2)sc2c1CCCC2. The molecule has 172 valence electrons. The Morgan fingerprint density at radius 2 is 1.94 bits per heavy atom. The average molecular weight is 495 g/mol. The van der Waals surface area contributed by atoms with Gasteiger partial charge in [0.2, 0.25) is 5.91 Å². The van der Waals surface area contributed by atoms with Crippen LogP contribution in [0, 0.1) is 5.92 Å². The second-order valence-corrected chi connectivity index (χ2v) is 10.4. The van der Waals surface area contributed by atoms with Crippen molar-refractivity contribution in [3.63, 3.8) is 0 Å². The highest BCUT2D eigenvalue weighted by Crippen LogP contribution is 2.39. The van der Waals surface area contributed by atoms with Gasteiger partial charge in [-0.15, -0.1) is 11.3 Å². The van der Waals surface area contributed by atoms with Crippen LogP contribution in [0.25, 0.3) is 0 Å². The monoisotopic (exact) mass is 494 g/mol. The van der Waals surface area contributed by atoms with Gasteiger partial charge in [0.15, 0.2) is 0 Å². The van der Waals surface area contributed by atoms with E-state index in [4.69, 9.17) is 27.9 Å². The van der Waals surface area contributed by atoms with Crippen molar-refractivity contribution in [2.75, 3.05) is 25.0 Å². The molecule has 0 saturated carbocycles. The molecular weight excluding hydrogens is 467 g/mol. The molecule has 0 unspecified atom stereocenters. The van der Waals surface area contributed by atoms with Crippen molar-refractivity contribution in [2.45, 2.75) is 52.0 Å². The largest absolute Gasteiger partial charge is 0.462 e. The van der Waals surface area contributed by atoms with Gasteiger partial charge in [-0.05, 0) is 81.8 Å². The number of likely N-dealkylation sites (tertiary alicyclic amines) is 1. The number of carbonyl (C=O) groups is 2. The predicted octanol–water partition coefficient (Wildman–Crippen LogP) is 5.96. The molecule has 32 heavy (non-hydrogen) atoms. The Balaban J connectivity index is 1.39. The summed E-state index contributed by atoms with van der Waals surface area (Å²) in [5.74, 6) is -0.392. The third kappa shape index (κ3) is 5.30. The highest BCUT2D eigenvalue weighted by molar-refractivity contribution is 7.17. The van der Waals surface area contributed by atoms with E-state index in [1.165, 1.54) is 4.88 Å². The molecule has 1 aliphatic carbocycles. The zero-order valence-corrected chi connectivity index (χ0v) is 20.5. The quantitative estimate of drug-likeness (QED) is 0.503. The van der Waals surface area contributed by atoms with E-state index < -0.39 is 0 Å². The van der Waals surface area contributed by atoms with Gasteiger partial charge >= 0.3 is 5.97 Å². The smallest absolute Gasteiger partial charge is 0.341 e. The number of piperidine rings is 1. The number of hydrogen-bond donors (Lipinski definition) is 1. The lowest BCUT2D eigenvalue weighted by molar-refractivity contribution is -0.121. The molecule has 1 aromatic carbocycles. The molecule has 1 aliphatic heterocycles. The van der Waals surface area contributed by atoms with E-state index in [0.29, 0.717) is 27.2 Å². The molecule has 2 heterocycles. The van der Waals surface area contributed by atoms with Crippen LogP contribution in [-0.4, -0.2) is 36.5 Å². The summed E-state index contributed by atoms with van der Waals surface area (Å²) < 4.78 is 5.30. The van der Waals surface area contributed by atoms with E-state index in [1.807, 2.05) is 12.1 Å². The van der Waals surface area contributed by atoms with Gasteiger partial charge in [0.25, 0.3) is 0 Å². The molecule has 2 aromatic rings. The first-order valence-electron chi connectivity index (χ1n) is 11.2. The van der Waals surface area contributed by atoms with Gasteiger partial charge in [-0.1, -0.05) is 29.3 Å². The Morgan fingerprint density at radius 1 is 1.19 bits per heavy atom. The maximum absolute atomic E-state index is 13.1. The van der Waals surface area contributed by atoms with Crippen molar-refractivity contribution in [2.24, 2.45) is 5.92 Å². The lowest BCUT2D eigenvalue weighted by Gasteiger charge is -2.31. The van der Waals surface area contributed by atoms with E-state index in [1.54, 1.807) is 24.3 Å². The number of fused-ring (bicyclic) bond motifs is 1. The summed E-state index contributed by atoms with van der Waals surface area (Å²) in [5.41, 5.74) is 2.70. The number of nitrogens with one attached hydrogen (secondary N) is 1. The number of benzene rings is 1. The third-order valence-electron chi connectivity index (χ3n) is 6.26. The fourth-order valence-corrected chi connectivity index (χ4v) is 6.28. The van der Waals surface area contributed by atoms with E-state index >= 15 is 0 Å². The third-order valence-corrected chi connectivity index (χ3v) is 8.05. The van der Waals surface area contributed by atoms with Crippen LogP contribution in [0.4, 0.5) is 5.00 Å². The molecule has 0 bridgehead atoms. The lowest BCUT2D eigenvalue weighted by atomic mass is 9.94. The molecule has 5 nitrogen and oxygen atoms in total. The molecule has 0 spiro atoms. The van der Waals surface area contributed by atoms with Crippen LogP contribution in [0.15, 0.2) is 18.2 Å². The molecule has 1 amide bonds. The number of carbonyl (C=O) groups excluding carboxylic acids is 2. The Hall–Kier alpha value is -1.60. The number of esters is 1. The van der Waals surface area contributed by atoms with Gasteiger partial charge in [0.1, 0.15) is 5.00 Å². The highest BCUT2D eigenvalue weighted by Gasteiger charge is 2.30. The van der Waals surface area contributed by atoms with Gasteiger partial charge in [-0.3, -0.25) is 9.69 Å². The number of amides is 1. The van der Waals surface area contributed by atoms with Gasteiger partial charge < -0.3 is 10.1 Å². The molecule has 4 rings (SSSR count). The zero-order chi connectivity index (χ0) is 22.7. The minimum Gasteiger partial charge on any atom is -0.462 e. The molecule has 2 aliphatic rings. The minimum atomic E-state index is -0.322. The summed E-state index contributed by atoms with van der Waals surface area (Å²) in [4.78, 5) is 29.2. The maximum Gasteiger partial charge on any atom is 0.341 e. The van der Waals surface area contributed by atoms with Crippen LogP contribution < -0.4 is 5.32 Å². The summed E-state index contributed by atoms with van der Waals surface area (Å²) in [7, 11) is 0. The normalized spacial score (nSPS) is 17.1. The lowest BCUT2D eigenvalue weighted by Crippen LogP contribution is -2.37. The van der Waals surface area contributed by atoms with Gasteiger partial charge in [0, 0.05) is 27.4 Å². The van der Waals surface area contributed by atoms with Crippen LogP contribution in [0.1, 0.15) is 59.0 Å². The molecular formula is C24H28Cl2N2O3S. The second kappa shape index (κ2) is 10.6. The van der Waals surface area contributed by atoms with Gasteiger partial charge in [-0.25, -0.2) is 4.79 Å². The standard InChI is InChI=1S/C24H28Cl2N2O3S/c1-2-31-24(30)21-18-5-3-4-6-20(18)32-23(21)27-22(29)15-9-11-28(12-10-15)14-16-7-8-17(25)13-19(16)26/h7-8,13,15H,2-6,9-12,14H2,1H3,(H,27,29). The summed E-state index contributed by atoms with van der Waals surface area (Å²) >= 11 is 13.8. The fraction of sp³-hybridized carbons (Fsp3) is 0.500. The molecule has 0 atom stereocenters. The summed E-state index contributed by atoms with van der Waals surface area (Å²) in [5, 5.41) is 5.05. The first-order chi connectivity index (χ1) is 15.5. The summed E-state index contributed by atoms with van der Waals surface area (Å²) in [6.07, 6.45) is 5.59. The number of thiophene rings is 1. The number of hydrogen-bond acceptors (Lipinski definition) is 5. The van der Waals surface area contributed by atoms with E-state index in [2.05, 4.69) is 10.2 Å². The van der Waals surface area contributed by atoms with Crippen molar-refractivity contribution in [1.29, 1.82) is 0 Å². The highest BCUT2D eigenvalue weighted by atomic mass is 35.5. The van der Waals surface area contributed by atoms with Gasteiger partial charge in [-0.2, -0.15) is 0 Å². The van der Waals surface area contributed by atoms with Gasteiger partial charge in [0.05, 0.1) is 12.2 Å². The van der Waals surface area contributed by atoms with E-state index in [9.17, 15) is 9.59 Å². The second-order valence-electron chi connectivity index (χ2n) is 8.41. The van der Waals surface area contributed by atoms with Crippen molar-refractivity contribution in [3.8, 4) is 0 Å². The van der Waals surface area contributed by atoms with Crippen molar-refractivity contribution < 1.29 is 14.3 Å². The Labute approximate surface area is 203 Å². The van der Waals surface area contributed by atoms with Crippen LogP contribution in [0.3, 0.4) is 0 Å². The Morgan fingerprint density at radius 3 is 2.66 bits per heavy atom. The number of ether oxygens (including phenoxy) is 1. The number of anilines is 1. The van der Waals surface area contributed by atoms with Crippen LogP contribution in [0.2, 0.25) is 10.0 Å². The molecule has 0 radical (unpaired) electrons. The maximum atomic E-state index is 13.1. The molecule has 1 fully saturated rings. The summed E-state index contributed by atoms with van der Waals surface area (Å²) in [6.45, 7) is 4.52. The van der Waals surface area contributed by atoms with Crippen molar-refractivity contribution in [3.05, 3.63) is 49.8 Å². The molecule has 1 N–H and O–H groups in total. The van der Waals surface area contributed by atoms with E-state index in [0.717, 1.165) is 69.3 Å². The van der Waals surface area contributed by atoms with Crippen molar-refractivity contribution >= 4 is 51.4 Å². The molecule has 8 heteroatoms. The minimum absolute atomic E-state index is 0.00155. The molecule has 1 saturated heterocycles. The summed E-state index contributed by atoms with van der Waals surface area (Å²) in [6, 6.07) is 5.57. The Kier molecular flexibility index (Phi) is 7.77. The first kappa shape index (κ1) is 23.6. The number of aryl methyl sites for hydroxylation is 1. The number of nitrogens with zero attached hydrogens (tertiary/aromatic N) is 1. The molecule has 1 aromatic heterocycles. The van der Waals surface area contributed by atoms with Crippen LogP contribution >= 0.6 is 34.5 Å². The topological polar surface area (TPSA) is 58.6 Å². The van der Waals surface area contributed by atoms with E-state index in [-0.39, 0.29) is 17.8 Å². The number of rotatable bonds is 6. The average Bonchev–Trinajstić information content (AvgIpc) is 3.14. The zero-order valence-electron chi connectivity index (χ0n) is 18.2. The fourth-order valence-electron chi connectivity index (χ4n) is 4.53.